The fourth-order valence-corrected chi connectivity index (χ4v) is 7.22. The number of hydrazone groups is 1. The molecule has 0 radical (unpaired) electrons. The molecule has 4 rings (SSSR count). The lowest BCUT2D eigenvalue weighted by Gasteiger charge is -2.38. The Bertz CT molecular complexity index is 1530. The van der Waals surface area contributed by atoms with Crippen molar-refractivity contribution in [2.24, 2.45) is 5.10 Å². The van der Waals surface area contributed by atoms with Crippen LogP contribution >= 0.6 is 0 Å². The highest BCUT2D eigenvalue weighted by molar-refractivity contribution is 7.89. The highest BCUT2D eigenvalue weighted by atomic mass is 32.2. The van der Waals surface area contributed by atoms with Gasteiger partial charge in [-0.15, -0.1) is 0 Å². The van der Waals surface area contributed by atoms with Crippen LogP contribution in [0.1, 0.15) is 19.4 Å². The van der Waals surface area contributed by atoms with Crippen LogP contribution in [0.5, 0.6) is 5.75 Å². The molecule has 1 heterocycles. The van der Waals surface area contributed by atoms with Gasteiger partial charge in [-0.1, -0.05) is 36.4 Å². The van der Waals surface area contributed by atoms with Gasteiger partial charge in [0.1, 0.15) is 11.8 Å². The van der Waals surface area contributed by atoms with Crippen LogP contribution in [0.4, 0.5) is 0 Å². The topological polar surface area (TPSA) is 125 Å². The fraction of sp³-hybridized carbons (Fsp3) is 0.259. The summed E-state index contributed by atoms with van der Waals surface area (Å²) in [5, 5.41) is 4.17. The Hall–Kier alpha value is -3.58. The Morgan fingerprint density at radius 1 is 0.872 bits per heavy atom. The monoisotopic (exact) mass is 570 g/mol. The van der Waals surface area contributed by atoms with E-state index in [1.165, 1.54) is 24.3 Å². The van der Waals surface area contributed by atoms with Gasteiger partial charge in [-0.05, 0) is 67.9 Å². The first-order valence-corrected chi connectivity index (χ1v) is 15.2. The highest BCUT2D eigenvalue weighted by Gasteiger charge is 2.43. The maximum Gasteiger partial charge on any atom is 0.259 e. The smallest absolute Gasteiger partial charge is 0.259 e. The van der Waals surface area contributed by atoms with E-state index in [0.717, 1.165) is 14.2 Å². The molecule has 1 atom stereocenters. The van der Waals surface area contributed by atoms with Gasteiger partial charge in [0.2, 0.25) is 20.0 Å². The molecule has 1 fully saturated rings. The summed E-state index contributed by atoms with van der Waals surface area (Å²) in [5.74, 6) is -0.0467. The van der Waals surface area contributed by atoms with Gasteiger partial charge in [0, 0.05) is 19.6 Å². The van der Waals surface area contributed by atoms with Crippen LogP contribution in [-0.2, 0) is 24.8 Å². The second-order valence-electron chi connectivity index (χ2n) is 8.75. The Morgan fingerprint density at radius 3 is 2.00 bits per heavy atom. The third kappa shape index (κ3) is 6.36. The Labute approximate surface area is 229 Å². The lowest BCUT2D eigenvalue weighted by molar-refractivity contribution is -0.125. The van der Waals surface area contributed by atoms with E-state index < -0.39 is 32.0 Å². The van der Waals surface area contributed by atoms with Crippen molar-refractivity contribution in [3.63, 3.8) is 0 Å². The van der Waals surface area contributed by atoms with Crippen molar-refractivity contribution in [3.05, 3.63) is 90.5 Å². The molecule has 1 N–H and O–H groups in total. The fourth-order valence-electron chi connectivity index (χ4n) is 4.17. The minimum atomic E-state index is -4.10. The molecule has 12 heteroatoms. The van der Waals surface area contributed by atoms with E-state index in [1.807, 2.05) is 6.92 Å². The van der Waals surface area contributed by atoms with Gasteiger partial charge in [-0.25, -0.2) is 22.3 Å². The Kier molecular flexibility index (Phi) is 8.80. The normalized spacial score (nSPS) is 17.5. The van der Waals surface area contributed by atoms with Gasteiger partial charge >= 0.3 is 0 Å². The number of amides is 1. The van der Waals surface area contributed by atoms with E-state index in [-0.39, 0.29) is 29.4 Å². The summed E-state index contributed by atoms with van der Waals surface area (Å²) in [7, 11) is -8.06. The van der Waals surface area contributed by atoms with E-state index in [1.54, 1.807) is 67.6 Å². The molecule has 1 aliphatic heterocycles. The van der Waals surface area contributed by atoms with Crippen LogP contribution in [0.15, 0.2) is 99.8 Å². The Morgan fingerprint density at radius 2 is 1.44 bits per heavy atom. The van der Waals surface area contributed by atoms with Crippen LogP contribution < -0.4 is 10.2 Å². The molecular weight excluding hydrogens is 540 g/mol. The second-order valence-corrected chi connectivity index (χ2v) is 12.6. The quantitative estimate of drug-likeness (QED) is 0.312. The molecule has 3 aromatic rings. The maximum absolute atomic E-state index is 13.5. The van der Waals surface area contributed by atoms with Gasteiger partial charge in [0.25, 0.3) is 5.91 Å². The van der Waals surface area contributed by atoms with Gasteiger partial charge < -0.3 is 4.74 Å². The second kappa shape index (κ2) is 12.1. The number of sulfonamides is 2. The number of benzene rings is 3. The average Bonchev–Trinajstić information content (AvgIpc) is 2.97. The minimum Gasteiger partial charge on any atom is -0.494 e. The van der Waals surface area contributed by atoms with E-state index in [9.17, 15) is 21.6 Å². The molecule has 1 saturated heterocycles. The minimum absolute atomic E-state index is 0.0104. The number of hydrogen-bond donors (Lipinski definition) is 1. The molecule has 1 aliphatic rings. The van der Waals surface area contributed by atoms with Gasteiger partial charge in [0.15, 0.2) is 0 Å². The number of hydrogen-bond acceptors (Lipinski definition) is 7. The van der Waals surface area contributed by atoms with Crippen LogP contribution in [-0.4, -0.2) is 69.3 Å². The summed E-state index contributed by atoms with van der Waals surface area (Å²) < 4.78 is 61.2. The van der Waals surface area contributed by atoms with Crippen molar-refractivity contribution < 1.29 is 26.4 Å². The predicted octanol–water partition coefficient (Wildman–Crippen LogP) is 2.69. The van der Waals surface area contributed by atoms with Crippen molar-refractivity contribution >= 4 is 31.7 Å². The van der Waals surface area contributed by atoms with Gasteiger partial charge in [-0.3, -0.25) is 4.79 Å². The molecule has 0 aliphatic carbocycles. The Balaban J connectivity index is 1.62. The summed E-state index contributed by atoms with van der Waals surface area (Å²) in [6, 6.07) is 21.3. The molecule has 39 heavy (non-hydrogen) atoms. The number of piperazine rings is 1. The van der Waals surface area contributed by atoms with E-state index in [2.05, 4.69) is 10.5 Å². The zero-order valence-electron chi connectivity index (χ0n) is 21.6. The van der Waals surface area contributed by atoms with Crippen molar-refractivity contribution in [2.75, 3.05) is 26.2 Å². The number of nitrogens with one attached hydrogen (secondary N) is 1. The molecular formula is C27H30N4O6S2. The van der Waals surface area contributed by atoms with Crippen LogP contribution in [0, 0.1) is 0 Å². The lowest BCUT2D eigenvalue weighted by atomic mass is 10.1. The molecule has 10 nitrogen and oxygen atoms in total. The zero-order valence-corrected chi connectivity index (χ0v) is 23.2. The van der Waals surface area contributed by atoms with Crippen LogP contribution in [0.3, 0.4) is 0 Å². The average molecular weight is 571 g/mol. The lowest BCUT2D eigenvalue weighted by Crippen LogP contribution is -2.60. The molecule has 0 spiro atoms. The third-order valence-electron chi connectivity index (χ3n) is 6.24. The van der Waals surface area contributed by atoms with Crippen LogP contribution in [0.25, 0.3) is 0 Å². The summed E-state index contributed by atoms with van der Waals surface area (Å²) in [4.78, 5) is 13.5. The molecule has 206 valence electrons. The summed E-state index contributed by atoms with van der Waals surface area (Å²) in [6.45, 7) is 3.43. The first-order chi connectivity index (χ1) is 18.6. The zero-order chi connectivity index (χ0) is 28.0. The van der Waals surface area contributed by atoms with Crippen molar-refractivity contribution in [1.29, 1.82) is 0 Å². The van der Waals surface area contributed by atoms with Gasteiger partial charge in [-0.2, -0.15) is 13.7 Å². The predicted molar refractivity (Wildman–Crippen MR) is 147 cm³/mol. The van der Waals surface area contributed by atoms with Crippen molar-refractivity contribution in [2.45, 2.75) is 29.7 Å². The standard InChI is InChI=1S/C27H30N4O6S2/c1-3-37-23-16-14-22(15-17-23)21(2)28-29-27(32)26-20-30(38(33,34)24-10-6-4-7-11-24)18-19-31(26)39(35,36)25-12-8-5-9-13-25/h4-17,26H,3,18-20H2,1-2H3,(H,29,32)/b28-21-/t26-/m1/s1. The van der Waals surface area contributed by atoms with E-state index >= 15 is 0 Å². The first-order valence-electron chi connectivity index (χ1n) is 12.3. The molecule has 0 unspecified atom stereocenters. The maximum atomic E-state index is 13.5. The number of carbonyl (C=O) groups is 1. The SMILES string of the molecule is CCOc1ccc(/C(C)=N\NC(=O)[C@H]2CN(S(=O)(=O)c3ccccc3)CCN2S(=O)(=O)c2ccccc2)cc1. The van der Waals surface area contributed by atoms with Gasteiger partial charge in [0.05, 0.1) is 22.1 Å². The largest absolute Gasteiger partial charge is 0.494 e. The highest BCUT2D eigenvalue weighted by Crippen LogP contribution is 2.25. The number of nitrogens with zero attached hydrogens (tertiary/aromatic N) is 3. The number of carbonyl (C=O) groups excluding carboxylic acids is 1. The summed E-state index contributed by atoms with van der Waals surface area (Å²) >= 11 is 0. The van der Waals surface area contributed by atoms with Crippen LogP contribution in [0.2, 0.25) is 0 Å². The molecule has 0 saturated carbocycles. The molecule has 0 aromatic heterocycles. The number of rotatable bonds is 9. The number of ether oxygens (including phenoxy) is 1. The molecule has 1 amide bonds. The summed E-state index contributed by atoms with van der Waals surface area (Å²) in [6.07, 6.45) is 0. The van der Waals surface area contributed by atoms with E-state index in [0.29, 0.717) is 18.1 Å². The van der Waals surface area contributed by atoms with Crippen molar-refractivity contribution in [1.82, 2.24) is 14.0 Å². The first kappa shape index (κ1) is 28.4. The van der Waals surface area contributed by atoms with E-state index in [4.69, 9.17) is 4.74 Å². The third-order valence-corrected chi connectivity index (χ3v) is 10.0. The molecule has 0 bridgehead atoms. The van der Waals surface area contributed by atoms with Crippen molar-refractivity contribution in [3.8, 4) is 5.75 Å². The molecule has 3 aromatic carbocycles. The summed E-state index contributed by atoms with van der Waals surface area (Å²) in [5.41, 5.74) is 3.65.